The van der Waals surface area contributed by atoms with Crippen molar-refractivity contribution in [3.05, 3.63) is 6.20 Å². The molecule has 0 amide bonds. The van der Waals surface area contributed by atoms with Crippen LogP contribution in [0.4, 0.5) is 5.82 Å². The summed E-state index contributed by atoms with van der Waals surface area (Å²) in [5.41, 5.74) is 5.59. The van der Waals surface area contributed by atoms with E-state index in [1.165, 1.54) is 10.9 Å². The molecule has 2 atom stereocenters. The number of nitrogens with two attached hydrogens (primary N) is 1. The Kier molecular flexibility index (Phi) is 4.71. The highest BCUT2D eigenvalue weighted by Crippen LogP contribution is 2.17. The van der Waals surface area contributed by atoms with Gasteiger partial charge < -0.3 is 10.8 Å². The zero-order valence-electron chi connectivity index (χ0n) is 10.8. The molecule has 0 saturated heterocycles. The first-order valence-electron chi connectivity index (χ1n) is 5.78. The number of aliphatic hydroxyl groups is 1. The Morgan fingerprint density at radius 3 is 2.61 bits per heavy atom. The monoisotopic (exact) mass is 276 g/mol. The fourth-order valence-corrected chi connectivity index (χ4v) is 2.79. The highest BCUT2D eigenvalue weighted by atomic mass is 32.2. The van der Waals surface area contributed by atoms with Crippen LogP contribution >= 0.6 is 0 Å². The Hall–Kier alpha value is -1.12. The molecule has 0 saturated carbocycles. The lowest BCUT2D eigenvalue weighted by molar-refractivity contribution is 0.216. The minimum absolute atomic E-state index is 0.0202. The lowest BCUT2D eigenvalue weighted by Gasteiger charge is -2.18. The second-order valence-electron chi connectivity index (χ2n) is 4.30. The van der Waals surface area contributed by atoms with E-state index in [0.29, 0.717) is 6.54 Å². The van der Waals surface area contributed by atoms with Crippen LogP contribution in [0.1, 0.15) is 20.8 Å². The molecule has 0 aliphatic carbocycles. The van der Waals surface area contributed by atoms with Crippen LogP contribution in [0.2, 0.25) is 0 Å². The van der Waals surface area contributed by atoms with E-state index in [2.05, 4.69) is 9.82 Å². The summed E-state index contributed by atoms with van der Waals surface area (Å²) < 4.78 is 28.1. The minimum atomic E-state index is -3.70. The van der Waals surface area contributed by atoms with Crippen LogP contribution in [-0.4, -0.2) is 36.0 Å². The quantitative estimate of drug-likeness (QED) is 0.665. The zero-order chi connectivity index (χ0) is 13.9. The van der Waals surface area contributed by atoms with E-state index in [9.17, 15) is 8.42 Å². The number of aromatic nitrogens is 2. The fraction of sp³-hybridized carbons (Fsp3) is 0.700. The Bertz CT molecular complexity index is 497. The van der Waals surface area contributed by atoms with Crippen molar-refractivity contribution in [2.24, 2.45) is 5.92 Å². The first kappa shape index (κ1) is 14.9. The van der Waals surface area contributed by atoms with Gasteiger partial charge in [0.15, 0.2) is 5.82 Å². The number of hydrogen-bond donors (Lipinski definition) is 3. The smallest absolute Gasteiger partial charge is 0.246 e. The number of rotatable bonds is 6. The molecule has 1 aromatic heterocycles. The second kappa shape index (κ2) is 5.68. The van der Waals surface area contributed by atoms with Gasteiger partial charge in [-0.15, -0.1) is 0 Å². The predicted molar refractivity (Wildman–Crippen MR) is 68.3 cm³/mol. The fourth-order valence-electron chi connectivity index (χ4n) is 1.37. The van der Waals surface area contributed by atoms with E-state index in [1.807, 2.05) is 6.92 Å². The number of nitrogens with one attached hydrogen (secondary N) is 1. The van der Waals surface area contributed by atoms with E-state index in [-0.39, 0.29) is 29.3 Å². The molecule has 7 nitrogen and oxygen atoms in total. The molecule has 104 valence electrons. The van der Waals surface area contributed by atoms with Crippen LogP contribution in [0.25, 0.3) is 0 Å². The highest BCUT2D eigenvalue weighted by Gasteiger charge is 2.24. The van der Waals surface area contributed by atoms with Crippen molar-refractivity contribution >= 4 is 15.8 Å². The molecule has 18 heavy (non-hydrogen) atoms. The van der Waals surface area contributed by atoms with Crippen molar-refractivity contribution in [3.8, 4) is 0 Å². The van der Waals surface area contributed by atoms with Crippen molar-refractivity contribution in [3.63, 3.8) is 0 Å². The third-order valence-electron chi connectivity index (χ3n) is 2.85. The molecule has 1 heterocycles. The normalized spacial score (nSPS) is 15.6. The van der Waals surface area contributed by atoms with Gasteiger partial charge >= 0.3 is 0 Å². The molecule has 4 N–H and O–H groups in total. The van der Waals surface area contributed by atoms with Crippen LogP contribution in [-0.2, 0) is 16.6 Å². The number of sulfonamides is 1. The van der Waals surface area contributed by atoms with Gasteiger partial charge in [-0.2, -0.15) is 5.10 Å². The third kappa shape index (κ3) is 3.21. The standard InChI is InChI=1S/C10H20N4O3S/c1-4-14-5-9(10(11)12-14)18(16,17)13-8(3)7(2)6-15/h5,7-8,13,15H,4,6H2,1-3H3,(H2,11,12). The number of nitrogen functional groups attached to an aromatic ring is 1. The summed E-state index contributed by atoms with van der Waals surface area (Å²) in [4.78, 5) is -0.0265. The minimum Gasteiger partial charge on any atom is -0.396 e. The maximum absolute atomic E-state index is 12.1. The number of aliphatic hydroxyl groups excluding tert-OH is 1. The van der Waals surface area contributed by atoms with Crippen LogP contribution in [0.15, 0.2) is 11.1 Å². The van der Waals surface area contributed by atoms with E-state index < -0.39 is 10.0 Å². The molecule has 0 radical (unpaired) electrons. The molecule has 0 spiro atoms. The Morgan fingerprint density at radius 2 is 2.17 bits per heavy atom. The van der Waals surface area contributed by atoms with Gasteiger partial charge in [0.25, 0.3) is 0 Å². The highest BCUT2D eigenvalue weighted by molar-refractivity contribution is 7.89. The maximum Gasteiger partial charge on any atom is 0.246 e. The molecule has 8 heteroatoms. The lowest BCUT2D eigenvalue weighted by atomic mass is 10.1. The summed E-state index contributed by atoms with van der Waals surface area (Å²) in [6, 6.07) is -0.385. The van der Waals surface area contributed by atoms with Gasteiger partial charge in [-0.1, -0.05) is 6.92 Å². The van der Waals surface area contributed by atoms with Crippen molar-refractivity contribution in [1.82, 2.24) is 14.5 Å². The summed E-state index contributed by atoms with van der Waals surface area (Å²) in [6.07, 6.45) is 1.40. The lowest BCUT2D eigenvalue weighted by Crippen LogP contribution is -2.38. The Morgan fingerprint density at radius 1 is 1.56 bits per heavy atom. The van der Waals surface area contributed by atoms with Crippen LogP contribution < -0.4 is 10.5 Å². The number of nitrogens with zero attached hydrogens (tertiary/aromatic N) is 2. The van der Waals surface area contributed by atoms with E-state index >= 15 is 0 Å². The SMILES string of the molecule is CCn1cc(S(=O)(=O)NC(C)C(C)CO)c(N)n1. The molecule has 0 aliphatic rings. The molecule has 1 rings (SSSR count). The summed E-state index contributed by atoms with van der Waals surface area (Å²) in [6.45, 7) is 5.74. The summed E-state index contributed by atoms with van der Waals surface area (Å²) in [7, 11) is -3.70. The van der Waals surface area contributed by atoms with Crippen molar-refractivity contribution in [1.29, 1.82) is 0 Å². The molecule has 0 fully saturated rings. The molecule has 0 aliphatic heterocycles. The first-order chi connectivity index (χ1) is 8.31. The van der Waals surface area contributed by atoms with E-state index in [0.717, 1.165) is 0 Å². The maximum atomic E-state index is 12.1. The molecular formula is C10H20N4O3S. The van der Waals surface area contributed by atoms with Gasteiger partial charge in [0.05, 0.1) is 0 Å². The average molecular weight is 276 g/mol. The van der Waals surface area contributed by atoms with Gasteiger partial charge in [0.1, 0.15) is 4.90 Å². The Labute approximate surface area is 107 Å². The van der Waals surface area contributed by atoms with Gasteiger partial charge in [-0.25, -0.2) is 13.1 Å². The Balaban J connectivity index is 2.96. The summed E-state index contributed by atoms with van der Waals surface area (Å²) >= 11 is 0. The predicted octanol–water partition coefficient (Wildman–Crippen LogP) is -0.220. The first-order valence-corrected chi connectivity index (χ1v) is 7.26. The summed E-state index contributed by atoms with van der Waals surface area (Å²) in [5.74, 6) is -0.199. The van der Waals surface area contributed by atoms with E-state index in [4.69, 9.17) is 10.8 Å². The van der Waals surface area contributed by atoms with Crippen LogP contribution in [0.3, 0.4) is 0 Å². The summed E-state index contributed by atoms with van der Waals surface area (Å²) in [5, 5.41) is 12.9. The van der Waals surface area contributed by atoms with Crippen molar-refractivity contribution in [2.75, 3.05) is 12.3 Å². The molecule has 2 unspecified atom stereocenters. The van der Waals surface area contributed by atoms with Crippen LogP contribution in [0, 0.1) is 5.92 Å². The van der Waals surface area contributed by atoms with E-state index in [1.54, 1.807) is 13.8 Å². The molecule has 0 aromatic carbocycles. The zero-order valence-corrected chi connectivity index (χ0v) is 11.6. The number of aryl methyl sites for hydroxylation is 1. The molecular weight excluding hydrogens is 256 g/mol. The van der Waals surface area contributed by atoms with Crippen LogP contribution in [0.5, 0.6) is 0 Å². The van der Waals surface area contributed by atoms with Gasteiger partial charge in [0, 0.05) is 25.4 Å². The average Bonchev–Trinajstić information content (AvgIpc) is 2.69. The van der Waals surface area contributed by atoms with Crippen molar-refractivity contribution < 1.29 is 13.5 Å². The largest absolute Gasteiger partial charge is 0.396 e. The van der Waals surface area contributed by atoms with Crippen molar-refractivity contribution in [2.45, 2.75) is 38.3 Å². The van der Waals surface area contributed by atoms with Gasteiger partial charge in [-0.05, 0) is 19.8 Å². The number of hydrogen-bond acceptors (Lipinski definition) is 5. The molecule has 0 bridgehead atoms. The second-order valence-corrected chi connectivity index (χ2v) is 5.99. The number of anilines is 1. The topological polar surface area (TPSA) is 110 Å². The third-order valence-corrected chi connectivity index (χ3v) is 4.43. The van der Waals surface area contributed by atoms with Gasteiger partial charge in [0.2, 0.25) is 10.0 Å². The molecule has 1 aromatic rings. The van der Waals surface area contributed by atoms with Gasteiger partial charge in [-0.3, -0.25) is 4.68 Å².